The number of rotatable bonds is 7. The van der Waals surface area contributed by atoms with E-state index in [4.69, 9.17) is 5.11 Å². The second-order valence-electron chi connectivity index (χ2n) is 3.10. The summed E-state index contributed by atoms with van der Waals surface area (Å²) in [6.07, 6.45) is 0. The zero-order chi connectivity index (χ0) is 12.9. The van der Waals surface area contributed by atoms with Crippen LogP contribution in [0.25, 0.3) is 0 Å². The summed E-state index contributed by atoms with van der Waals surface area (Å²) in [6, 6.07) is 0. The van der Waals surface area contributed by atoms with Crippen molar-refractivity contribution in [3.05, 3.63) is 0 Å². The van der Waals surface area contributed by atoms with E-state index in [0.717, 1.165) is 16.4 Å². The van der Waals surface area contributed by atoms with Gasteiger partial charge < -0.3 is 5.11 Å². The van der Waals surface area contributed by atoms with Crippen molar-refractivity contribution >= 4 is 27.6 Å². The lowest BCUT2D eigenvalue weighted by Gasteiger charge is -2.01. The molecular weight excluding hydrogens is 268 g/mol. The topological polar surface area (TPSA) is 115 Å². The second kappa shape index (κ2) is 5.96. The number of carboxylic acids is 1. The maximum absolute atomic E-state index is 11.2. The van der Waals surface area contributed by atoms with Crippen molar-refractivity contribution in [2.75, 3.05) is 17.3 Å². The minimum Gasteiger partial charge on any atom is -0.480 e. The Bertz CT molecular complexity index is 484. The van der Waals surface area contributed by atoms with Crippen LogP contribution in [0, 0.1) is 0 Å². The molecule has 0 saturated heterocycles. The average Bonchev–Trinajstić information content (AvgIpc) is 2.65. The van der Waals surface area contributed by atoms with Crippen molar-refractivity contribution < 1.29 is 18.3 Å². The summed E-state index contributed by atoms with van der Waals surface area (Å²) in [4.78, 5) is 10.5. The van der Waals surface area contributed by atoms with Crippen LogP contribution in [0.15, 0.2) is 5.16 Å². The molecule has 1 heterocycles. The molecule has 10 heteroatoms. The maximum atomic E-state index is 11.2. The van der Waals surface area contributed by atoms with E-state index in [-0.39, 0.29) is 18.1 Å². The third-order valence-corrected chi connectivity index (χ3v) is 4.77. The van der Waals surface area contributed by atoms with Gasteiger partial charge in [0.25, 0.3) is 0 Å². The van der Waals surface area contributed by atoms with Crippen LogP contribution in [-0.4, -0.2) is 57.0 Å². The summed E-state index contributed by atoms with van der Waals surface area (Å²) in [5.74, 6) is -0.641. The average molecular weight is 280 g/mol. The Balaban J connectivity index is 2.52. The number of aromatic nitrogens is 4. The van der Waals surface area contributed by atoms with E-state index in [2.05, 4.69) is 15.5 Å². The van der Waals surface area contributed by atoms with Crippen LogP contribution in [0.3, 0.4) is 0 Å². The first kappa shape index (κ1) is 13.9. The first-order valence-corrected chi connectivity index (χ1v) is 7.56. The van der Waals surface area contributed by atoms with Gasteiger partial charge in [-0.25, -0.2) is 13.1 Å². The SMILES string of the molecule is CCS(=O)(=O)CCSc1nnnn1CC(=O)O. The first-order chi connectivity index (χ1) is 7.94. The Morgan fingerprint density at radius 2 is 2.24 bits per heavy atom. The second-order valence-corrected chi connectivity index (χ2v) is 6.63. The molecule has 0 bridgehead atoms. The molecule has 1 aromatic heterocycles. The van der Waals surface area contributed by atoms with Crippen LogP contribution in [0.2, 0.25) is 0 Å². The summed E-state index contributed by atoms with van der Waals surface area (Å²) in [6.45, 7) is 1.24. The van der Waals surface area contributed by atoms with Crippen molar-refractivity contribution in [1.82, 2.24) is 20.2 Å². The highest BCUT2D eigenvalue weighted by Gasteiger charge is 2.12. The molecule has 17 heavy (non-hydrogen) atoms. The van der Waals surface area contributed by atoms with E-state index in [1.807, 2.05) is 0 Å². The van der Waals surface area contributed by atoms with Crippen LogP contribution in [-0.2, 0) is 21.2 Å². The van der Waals surface area contributed by atoms with Crippen LogP contribution in [0.4, 0.5) is 0 Å². The van der Waals surface area contributed by atoms with E-state index >= 15 is 0 Å². The van der Waals surface area contributed by atoms with Gasteiger partial charge in [0, 0.05) is 11.5 Å². The molecule has 0 fully saturated rings. The highest BCUT2D eigenvalue weighted by atomic mass is 32.2. The smallest absolute Gasteiger partial charge is 0.325 e. The number of carbonyl (C=O) groups is 1. The normalized spacial score (nSPS) is 11.6. The number of hydrogen-bond donors (Lipinski definition) is 1. The van der Waals surface area contributed by atoms with Gasteiger partial charge in [0.2, 0.25) is 5.16 Å². The van der Waals surface area contributed by atoms with Crippen molar-refractivity contribution in [3.8, 4) is 0 Å². The van der Waals surface area contributed by atoms with E-state index in [0.29, 0.717) is 10.9 Å². The van der Waals surface area contributed by atoms with Gasteiger partial charge >= 0.3 is 5.97 Å². The number of hydrogen-bond acceptors (Lipinski definition) is 7. The molecule has 8 nitrogen and oxygen atoms in total. The third kappa shape index (κ3) is 4.69. The number of sulfone groups is 1. The van der Waals surface area contributed by atoms with Crippen molar-refractivity contribution in [3.63, 3.8) is 0 Å². The lowest BCUT2D eigenvalue weighted by atomic mass is 10.7. The number of thioether (sulfide) groups is 1. The monoisotopic (exact) mass is 280 g/mol. The molecule has 96 valence electrons. The minimum absolute atomic E-state index is 0.0219. The molecule has 1 rings (SSSR count). The fraction of sp³-hybridized carbons (Fsp3) is 0.714. The van der Waals surface area contributed by atoms with Gasteiger partial charge in [-0.05, 0) is 10.4 Å². The lowest BCUT2D eigenvalue weighted by Crippen LogP contribution is -2.13. The summed E-state index contributed by atoms with van der Waals surface area (Å²) in [5, 5.41) is 19.3. The number of carboxylic acid groups (broad SMARTS) is 1. The molecule has 0 radical (unpaired) electrons. The predicted octanol–water partition coefficient (Wildman–Crippen LogP) is -0.715. The van der Waals surface area contributed by atoms with E-state index < -0.39 is 15.8 Å². The molecule has 0 aliphatic carbocycles. The molecule has 0 unspecified atom stereocenters. The van der Waals surface area contributed by atoms with Gasteiger partial charge in [0.15, 0.2) is 9.84 Å². The fourth-order valence-corrected chi connectivity index (χ4v) is 3.10. The van der Waals surface area contributed by atoms with Crippen LogP contribution < -0.4 is 0 Å². The Kier molecular flexibility index (Phi) is 4.87. The Morgan fingerprint density at radius 3 is 2.82 bits per heavy atom. The third-order valence-electron chi connectivity index (χ3n) is 1.85. The van der Waals surface area contributed by atoms with E-state index in [9.17, 15) is 13.2 Å². The molecule has 0 atom stereocenters. The molecule has 1 aromatic rings. The summed E-state index contributed by atoms with van der Waals surface area (Å²) >= 11 is 1.12. The van der Waals surface area contributed by atoms with Crippen LogP contribution in [0.1, 0.15) is 6.92 Å². The maximum Gasteiger partial charge on any atom is 0.325 e. The Morgan fingerprint density at radius 1 is 1.53 bits per heavy atom. The molecule has 0 amide bonds. The fourth-order valence-electron chi connectivity index (χ4n) is 0.931. The predicted molar refractivity (Wildman–Crippen MR) is 60.5 cm³/mol. The van der Waals surface area contributed by atoms with Crippen molar-refractivity contribution in [2.45, 2.75) is 18.6 Å². The van der Waals surface area contributed by atoms with Crippen LogP contribution in [0.5, 0.6) is 0 Å². The Labute approximate surface area is 102 Å². The molecule has 1 N–H and O–H groups in total. The number of tetrazole rings is 1. The van der Waals surface area contributed by atoms with Crippen molar-refractivity contribution in [1.29, 1.82) is 0 Å². The molecule has 0 spiro atoms. The lowest BCUT2D eigenvalue weighted by molar-refractivity contribution is -0.138. The van der Waals surface area contributed by atoms with Crippen LogP contribution >= 0.6 is 11.8 Å². The summed E-state index contributed by atoms with van der Waals surface area (Å²) in [5.41, 5.74) is 0. The standard InChI is InChI=1S/C7H12N4O4S2/c1-2-17(14,15)4-3-16-7-8-9-10-11(7)5-6(12)13/h2-5H2,1H3,(H,12,13). The van der Waals surface area contributed by atoms with Gasteiger partial charge in [-0.1, -0.05) is 18.7 Å². The first-order valence-electron chi connectivity index (χ1n) is 4.76. The van der Waals surface area contributed by atoms with E-state index in [1.165, 1.54) is 0 Å². The summed E-state index contributed by atoms with van der Waals surface area (Å²) in [7, 11) is -3.02. The zero-order valence-electron chi connectivity index (χ0n) is 9.11. The zero-order valence-corrected chi connectivity index (χ0v) is 10.7. The van der Waals surface area contributed by atoms with Gasteiger partial charge in [0.1, 0.15) is 6.54 Å². The molecule has 0 aromatic carbocycles. The number of aliphatic carboxylic acids is 1. The molecule has 0 saturated carbocycles. The largest absolute Gasteiger partial charge is 0.480 e. The number of nitrogens with zero attached hydrogens (tertiary/aromatic N) is 4. The molecule has 0 aliphatic heterocycles. The highest BCUT2D eigenvalue weighted by Crippen LogP contribution is 2.13. The minimum atomic E-state index is -3.02. The van der Waals surface area contributed by atoms with Gasteiger partial charge in [-0.15, -0.1) is 5.10 Å². The van der Waals surface area contributed by atoms with Crippen molar-refractivity contribution in [2.24, 2.45) is 0 Å². The van der Waals surface area contributed by atoms with Gasteiger partial charge in [-0.3, -0.25) is 4.79 Å². The quantitative estimate of drug-likeness (QED) is 0.651. The molecular formula is C7H12N4O4S2. The summed E-state index contributed by atoms with van der Waals surface area (Å²) < 4.78 is 23.6. The van der Waals surface area contributed by atoms with Gasteiger partial charge in [0.05, 0.1) is 5.75 Å². The highest BCUT2D eigenvalue weighted by molar-refractivity contribution is 8.00. The van der Waals surface area contributed by atoms with E-state index in [1.54, 1.807) is 6.92 Å². The van der Waals surface area contributed by atoms with Gasteiger partial charge in [-0.2, -0.15) is 0 Å². The Hall–Kier alpha value is -1.16. The molecule has 0 aliphatic rings.